The van der Waals surface area contributed by atoms with Gasteiger partial charge >= 0.3 is 0 Å². The number of fused-ring (bicyclic) bond motifs is 1. The van der Waals surface area contributed by atoms with Crippen molar-refractivity contribution < 1.29 is 9.32 Å². The van der Waals surface area contributed by atoms with Gasteiger partial charge in [-0.25, -0.2) is 0 Å². The molecule has 0 saturated heterocycles. The van der Waals surface area contributed by atoms with Crippen molar-refractivity contribution >= 4 is 17.3 Å². The number of nitrogens with zero attached hydrogens (tertiary/aromatic N) is 1. The van der Waals surface area contributed by atoms with E-state index in [9.17, 15) is 4.79 Å². The summed E-state index contributed by atoms with van der Waals surface area (Å²) in [4.78, 5) is 10.6. The molecule has 0 aliphatic heterocycles. The molecule has 0 fully saturated rings. The van der Waals surface area contributed by atoms with Crippen LogP contribution in [0, 0.1) is 0 Å². The lowest BCUT2D eigenvalue weighted by Crippen LogP contribution is -1.81. The fourth-order valence-corrected chi connectivity index (χ4v) is 1.38. The summed E-state index contributed by atoms with van der Waals surface area (Å²) in [5, 5.41) is 4.83. The molecular formula is C10H9NO2. The van der Waals surface area contributed by atoms with Crippen LogP contribution in [-0.4, -0.2) is 11.4 Å². The van der Waals surface area contributed by atoms with E-state index >= 15 is 0 Å². The summed E-state index contributed by atoms with van der Waals surface area (Å²) in [5.41, 5.74) is 2.05. The highest BCUT2D eigenvalue weighted by Crippen LogP contribution is 2.21. The second kappa shape index (κ2) is 3.01. The normalized spacial score (nSPS) is 10.5. The molecule has 1 heterocycles. The van der Waals surface area contributed by atoms with Crippen LogP contribution in [0.4, 0.5) is 0 Å². The van der Waals surface area contributed by atoms with Crippen molar-refractivity contribution in [1.82, 2.24) is 5.16 Å². The van der Waals surface area contributed by atoms with Gasteiger partial charge < -0.3 is 4.52 Å². The van der Waals surface area contributed by atoms with Gasteiger partial charge in [0.1, 0.15) is 0 Å². The lowest BCUT2D eigenvalue weighted by atomic mass is 10.1. The smallest absolute Gasteiger partial charge is 0.177 e. The number of rotatable bonds is 2. The molecule has 2 aromatic rings. The van der Waals surface area contributed by atoms with Crippen LogP contribution in [-0.2, 0) is 6.42 Å². The Morgan fingerprint density at radius 3 is 3.08 bits per heavy atom. The van der Waals surface area contributed by atoms with Crippen LogP contribution in [0.15, 0.2) is 22.7 Å². The highest BCUT2D eigenvalue weighted by atomic mass is 16.5. The third kappa shape index (κ3) is 1.13. The minimum absolute atomic E-state index is 0.560. The molecule has 0 atom stereocenters. The van der Waals surface area contributed by atoms with Crippen LogP contribution in [0.25, 0.3) is 11.0 Å². The predicted molar refractivity (Wildman–Crippen MR) is 48.8 cm³/mol. The number of carbonyl (C=O) groups is 1. The number of carbonyl (C=O) groups excluding carboxylic acids is 1. The van der Waals surface area contributed by atoms with Crippen LogP contribution in [0.5, 0.6) is 0 Å². The van der Waals surface area contributed by atoms with Crippen LogP contribution in [0.2, 0.25) is 0 Å². The summed E-state index contributed by atoms with van der Waals surface area (Å²) in [5.74, 6) is 0. The molecule has 1 aromatic carbocycles. The Morgan fingerprint density at radius 2 is 2.38 bits per heavy atom. The van der Waals surface area contributed by atoms with E-state index in [1.165, 1.54) is 0 Å². The molecule has 3 heteroatoms. The third-order valence-electron chi connectivity index (χ3n) is 2.07. The number of benzene rings is 1. The van der Waals surface area contributed by atoms with Gasteiger partial charge in [-0.15, -0.1) is 0 Å². The van der Waals surface area contributed by atoms with E-state index in [1.54, 1.807) is 6.07 Å². The topological polar surface area (TPSA) is 43.1 Å². The average molecular weight is 175 g/mol. The molecule has 2 rings (SSSR count). The minimum Gasteiger partial charge on any atom is -0.355 e. The number of hydrogen-bond acceptors (Lipinski definition) is 3. The zero-order valence-electron chi connectivity index (χ0n) is 7.28. The lowest BCUT2D eigenvalue weighted by molar-refractivity contribution is 0.112. The third-order valence-corrected chi connectivity index (χ3v) is 2.07. The molecule has 66 valence electrons. The molecule has 0 aliphatic carbocycles. The Morgan fingerprint density at radius 1 is 1.54 bits per heavy atom. The van der Waals surface area contributed by atoms with E-state index in [2.05, 4.69) is 5.16 Å². The van der Waals surface area contributed by atoms with Crippen LogP contribution < -0.4 is 0 Å². The van der Waals surface area contributed by atoms with Gasteiger partial charge in [0.05, 0.1) is 11.3 Å². The number of aldehydes is 1. The summed E-state index contributed by atoms with van der Waals surface area (Å²) in [6.45, 7) is 2.00. The van der Waals surface area contributed by atoms with Crippen molar-refractivity contribution in [3.8, 4) is 0 Å². The van der Waals surface area contributed by atoms with Crippen LogP contribution in [0.1, 0.15) is 23.0 Å². The molecule has 1 aromatic heterocycles. The summed E-state index contributed by atoms with van der Waals surface area (Å²) < 4.78 is 5.08. The fraction of sp³-hybridized carbons (Fsp3) is 0.200. The van der Waals surface area contributed by atoms with E-state index in [0.717, 1.165) is 23.8 Å². The Balaban J connectivity index is 2.79. The fourth-order valence-electron chi connectivity index (χ4n) is 1.38. The molecule has 0 spiro atoms. The quantitative estimate of drug-likeness (QED) is 0.657. The maximum atomic E-state index is 10.6. The van der Waals surface area contributed by atoms with Crippen molar-refractivity contribution in [2.24, 2.45) is 0 Å². The molecule has 0 radical (unpaired) electrons. The van der Waals surface area contributed by atoms with Gasteiger partial charge in [0.2, 0.25) is 0 Å². The standard InChI is InChI=1S/C10H9NO2/c1-2-9-8-5-3-4-7(6-12)10(8)13-11-9/h3-6H,2H2,1H3. The van der Waals surface area contributed by atoms with Gasteiger partial charge in [-0.3, -0.25) is 4.79 Å². The Labute approximate surface area is 75.3 Å². The Hall–Kier alpha value is -1.64. The van der Waals surface area contributed by atoms with Crippen molar-refractivity contribution in [3.05, 3.63) is 29.5 Å². The first-order chi connectivity index (χ1) is 6.36. The maximum absolute atomic E-state index is 10.6. The molecule has 0 unspecified atom stereocenters. The number of aromatic nitrogens is 1. The summed E-state index contributed by atoms with van der Waals surface area (Å²) >= 11 is 0. The summed E-state index contributed by atoms with van der Waals surface area (Å²) in [6, 6.07) is 5.47. The number of aryl methyl sites for hydroxylation is 1. The Kier molecular flexibility index (Phi) is 1.85. The molecule has 0 saturated carbocycles. The van der Waals surface area contributed by atoms with Crippen molar-refractivity contribution in [2.45, 2.75) is 13.3 Å². The van der Waals surface area contributed by atoms with E-state index in [1.807, 2.05) is 19.1 Å². The van der Waals surface area contributed by atoms with Gasteiger partial charge in [-0.05, 0) is 18.6 Å². The minimum atomic E-state index is 0.560. The molecule has 0 amide bonds. The van der Waals surface area contributed by atoms with Gasteiger partial charge in [0, 0.05) is 5.39 Å². The van der Waals surface area contributed by atoms with Crippen molar-refractivity contribution in [1.29, 1.82) is 0 Å². The van der Waals surface area contributed by atoms with Gasteiger partial charge in [-0.2, -0.15) is 0 Å². The van der Waals surface area contributed by atoms with Gasteiger partial charge in [-0.1, -0.05) is 18.1 Å². The number of para-hydroxylation sites is 1. The molecule has 0 N–H and O–H groups in total. The van der Waals surface area contributed by atoms with Crippen LogP contribution in [0.3, 0.4) is 0 Å². The number of hydrogen-bond donors (Lipinski definition) is 0. The summed E-state index contributed by atoms with van der Waals surface area (Å²) in [6.07, 6.45) is 1.60. The zero-order valence-corrected chi connectivity index (χ0v) is 7.28. The van der Waals surface area contributed by atoms with Gasteiger partial charge in [0.25, 0.3) is 0 Å². The first-order valence-corrected chi connectivity index (χ1v) is 4.19. The van der Waals surface area contributed by atoms with E-state index < -0.39 is 0 Å². The first kappa shape index (κ1) is 7.98. The zero-order chi connectivity index (χ0) is 9.26. The highest BCUT2D eigenvalue weighted by Gasteiger charge is 2.08. The molecule has 0 bridgehead atoms. The van der Waals surface area contributed by atoms with E-state index in [0.29, 0.717) is 11.1 Å². The lowest BCUT2D eigenvalue weighted by Gasteiger charge is -1.90. The molecule has 13 heavy (non-hydrogen) atoms. The van der Waals surface area contributed by atoms with Crippen molar-refractivity contribution in [3.63, 3.8) is 0 Å². The maximum Gasteiger partial charge on any atom is 0.177 e. The van der Waals surface area contributed by atoms with Crippen molar-refractivity contribution in [2.75, 3.05) is 0 Å². The first-order valence-electron chi connectivity index (χ1n) is 4.19. The highest BCUT2D eigenvalue weighted by molar-refractivity contribution is 5.95. The summed E-state index contributed by atoms with van der Waals surface area (Å²) in [7, 11) is 0. The second-order valence-electron chi connectivity index (χ2n) is 2.82. The van der Waals surface area contributed by atoms with E-state index in [-0.39, 0.29) is 0 Å². The molecular weight excluding hydrogens is 166 g/mol. The molecule has 3 nitrogen and oxygen atoms in total. The van der Waals surface area contributed by atoms with Gasteiger partial charge in [0.15, 0.2) is 11.9 Å². The largest absolute Gasteiger partial charge is 0.355 e. The average Bonchev–Trinajstić information content (AvgIpc) is 2.60. The predicted octanol–water partition coefficient (Wildman–Crippen LogP) is 2.20. The van der Waals surface area contributed by atoms with E-state index in [4.69, 9.17) is 4.52 Å². The molecule has 0 aliphatic rings. The SMILES string of the molecule is CCc1noc2c(C=O)cccc12. The second-order valence-corrected chi connectivity index (χ2v) is 2.82. The Bertz CT molecular complexity index is 445. The monoisotopic (exact) mass is 175 g/mol. The van der Waals surface area contributed by atoms with Crippen LogP contribution >= 0.6 is 0 Å².